The normalized spacial score (nSPS) is 17.5. The number of aliphatic hydroxyl groups excluding tert-OH is 1. The van der Waals surface area contributed by atoms with Crippen molar-refractivity contribution in [2.75, 3.05) is 40.9 Å². The molecule has 7 heteroatoms. The van der Waals surface area contributed by atoms with E-state index in [0.29, 0.717) is 36.8 Å². The van der Waals surface area contributed by atoms with Crippen molar-refractivity contribution in [3.63, 3.8) is 0 Å². The number of nitrogens with zero attached hydrogens (tertiary/aromatic N) is 2. The van der Waals surface area contributed by atoms with E-state index >= 15 is 0 Å². The van der Waals surface area contributed by atoms with Gasteiger partial charge in [-0.15, -0.1) is 0 Å². The maximum absolute atomic E-state index is 13.3. The zero-order valence-electron chi connectivity index (χ0n) is 20.8. The van der Waals surface area contributed by atoms with Gasteiger partial charge in [-0.1, -0.05) is 19.1 Å². The number of hydrogen-bond acceptors (Lipinski definition) is 6. The van der Waals surface area contributed by atoms with Crippen LogP contribution in [0.1, 0.15) is 41.6 Å². The third kappa shape index (κ3) is 5.09. The summed E-state index contributed by atoms with van der Waals surface area (Å²) in [6, 6.07) is 10.3. The summed E-state index contributed by atoms with van der Waals surface area (Å²) in [5.74, 6) is -0.129. The molecule has 2 aromatic rings. The summed E-state index contributed by atoms with van der Waals surface area (Å²) >= 11 is 0. The molecule has 3 rings (SSSR count). The van der Waals surface area contributed by atoms with Gasteiger partial charge in [0.1, 0.15) is 17.3 Å². The molecule has 1 atom stereocenters. The zero-order chi connectivity index (χ0) is 25.0. The monoisotopic (exact) mass is 466 g/mol. The van der Waals surface area contributed by atoms with Gasteiger partial charge in [0.2, 0.25) is 0 Å². The second-order valence-electron chi connectivity index (χ2n) is 8.85. The minimum Gasteiger partial charge on any atom is -0.507 e. The van der Waals surface area contributed by atoms with E-state index < -0.39 is 17.7 Å². The summed E-state index contributed by atoms with van der Waals surface area (Å²) in [6.45, 7) is 7.23. The first kappa shape index (κ1) is 25.3. The number of amides is 1. The number of likely N-dealkylation sites (N-methyl/N-ethyl adjacent to an activating group) is 1. The highest BCUT2D eigenvalue weighted by Gasteiger charge is 2.46. The summed E-state index contributed by atoms with van der Waals surface area (Å²) < 4.78 is 11.2. The Balaban J connectivity index is 2.18. The molecular weight excluding hydrogens is 432 g/mol. The Kier molecular flexibility index (Phi) is 7.99. The van der Waals surface area contributed by atoms with Crippen molar-refractivity contribution in [3.05, 3.63) is 64.2 Å². The van der Waals surface area contributed by atoms with Gasteiger partial charge in [0.15, 0.2) is 0 Å². The Bertz CT molecular complexity index is 1110. The number of rotatable bonds is 9. The third-order valence-corrected chi connectivity index (χ3v) is 5.97. The Morgan fingerprint density at radius 2 is 1.85 bits per heavy atom. The SMILES string of the molecule is CCCOc1cccc(C2/C(=C(\O)c3cc(C)c(OC)cc3C)C(=O)C(=O)N2CCN(C)C)c1. The maximum Gasteiger partial charge on any atom is 0.295 e. The van der Waals surface area contributed by atoms with Gasteiger partial charge < -0.3 is 24.4 Å². The Morgan fingerprint density at radius 3 is 2.50 bits per heavy atom. The first-order valence-electron chi connectivity index (χ1n) is 11.5. The molecule has 0 radical (unpaired) electrons. The molecule has 34 heavy (non-hydrogen) atoms. The number of methoxy groups -OCH3 is 1. The van der Waals surface area contributed by atoms with Crippen LogP contribution in [0.15, 0.2) is 42.0 Å². The number of benzene rings is 2. The number of ether oxygens (including phenoxy) is 2. The van der Waals surface area contributed by atoms with Crippen LogP contribution < -0.4 is 9.47 Å². The molecular formula is C27H34N2O5. The predicted octanol–water partition coefficient (Wildman–Crippen LogP) is 4.08. The van der Waals surface area contributed by atoms with E-state index in [1.165, 1.54) is 0 Å². The number of aryl methyl sites for hydroxylation is 2. The van der Waals surface area contributed by atoms with Crippen LogP contribution in [0, 0.1) is 13.8 Å². The Morgan fingerprint density at radius 1 is 1.12 bits per heavy atom. The maximum atomic E-state index is 13.3. The molecule has 1 unspecified atom stereocenters. The second-order valence-corrected chi connectivity index (χ2v) is 8.85. The minimum absolute atomic E-state index is 0.0871. The van der Waals surface area contributed by atoms with Crippen molar-refractivity contribution in [2.24, 2.45) is 0 Å². The standard InChI is InChI=1S/C27H34N2O5/c1-7-13-34-20-10-8-9-19(16-20)24-23(26(31)27(32)29(24)12-11-28(4)5)25(30)21-14-18(3)22(33-6)15-17(21)2/h8-10,14-16,24,30H,7,11-13H2,1-6H3/b25-23+. The number of likely N-dealkylation sites (tertiary alicyclic amines) is 1. The van der Waals surface area contributed by atoms with Crippen molar-refractivity contribution < 1.29 is 24.2 Å². The zero-order valence-corrected chi connectivity index (χ0v) is 20.8. The van der Waals surface area contributed by atoms with Crippen LogP contribution in [0.25, 0.3) is 5.76 Å². The molecule has 2 aromatic carbocycles. The molecule has 0 aliphatic carbocycles. The average Bonchev–Trinajstić information content (AvgIpc) is 3.07. The largest absolute Gasteiger partial charge is 0.507 e. The molecule has 0 bridgehead atoms. The first-order valence-corrected chi connectivity index (χ1v) is 11.5. The summed E-state index contributed by atoms with van der Waals surface area (Å²) in [4.78, 5) is 29.9. The number of Topliss-reactive ketones (excluding diaryl/α,β-unsaturated/α-hetero) is 1. The smallest absolute Gasteiger partial charge is 0.295 e. The van der Waals surface area contributed by atoms with Crippen LogP contribution in [0.5, 0.6) is 11.5 Å². The molecule has 1 aliphatic heterocycles. The molecule has 1 saturated heterocycles. The van der Waals surface area contributed by atoms with Gasteiger partial charge in [-0.3, -0.25) is 9.59 Å². The quantitative estimate of drug-likeness (QED) is 0.341. The van der Waals surface area contributed by atoms with E-state index in [2.05, 4.69) is 0 Å². The van der Waals surface area contributed by atoms with E-state index in [0.717, 1.165) is 23.1 Å². The highest BCUT2D eigenvalue weighted by Crippen LogP contribution is 2.41. The van der Waals surface area contributed by atoms with E-state index in [9.17, 15) is 14.7 Å². The van der Waals surface area contributed by atoms with Crippen molar-refractivity contribution >= 4 is 17.4 Å². The van der Waals surface area contributed by atoms with E-state index in [1.54, 1.807) is 18.1 Å². The summed E-state index contributed by atoms with van der Waals surface area (Å²) in [5, 5.41) is 11.4. The molecule has 1 heterocycles. The van der Waals surface area contributed by atoms with Crippen LogP contribution in [0.4, 0.5) is 0 Å². The van der Waals surface area contributed by atoms with E-state index in [-0.39, 0.29) is 11.3 Å². The highest BCUT2D eigenvalue weighted by atomic mass is 16.5. The number of ketones is 1. The first-order chi connectivity index (χ1) is 16.2. The third-order valence-electron chi connectivity index (χ3n) is 5.97. The number of carbonyl (C=O) groups excluding carboxylic acids is 2. The van der Waals surface area contributed by atoms with Gasteiger partial charge in [-0.05, 0) is 75.3 Å². The van der Waals surface area contributed by atoms with Gasteiger partial charge in [0.05, 0.1) is 25.3 Å². The van der Waals surface area contributed by atoms with Crippen LogP contribution >= 0.6 is 0 Å². The van der Waals surface area contributed by atoms with Crippen molar-refractivity contribution in [3.8, 4) is 11.5 Å². The molecule has 0 aromatic heterocycles. The molecule has 1 amide bonds. The number of aliphatic hydroxyl groups is 1. The summed E-state index contributed by atoms with van der Waals surface area (Å²) in [7, 11) is 5.41. The molecule has 0 spiro atoms. The van der Waals surface area contributed by atoms with E-state index in [1.807, 2.05) is 70.1 Å². The van der Waals surface area contributed by atoms with Crippen molar-refractivity contribution in [1.29, 1.82) is 0 Å². The van der Waals surface area contributed by atoms with Crippen molar-refractivity contribution in [2.45, 2.75) is 33.2 Å². The van der Waals surface area contributed by atoms with Gasteiger partial charge in [0, 0.05) is 18.7 Å². The lowest BCUT2D eigenvalue weighted by molar-refractivity contribution is -0.140. The van der Waals surface area contributed by atoms with Gasteiger partial charge in [-0.25, -0.2) is 0 Å². The van der Waals surface area contributed by atoms with Crippen LogP contribution in [-0.2, 0) is 9.59 Å². The highest BCUT2D eigenvalue weighted by molar-refractivity contribution is 6.46. The van der Waals surface area contributed by atoms with Crippen LogP contribution in [-0.4, -0.2) is 67.5 Å². The van der Waals surface area contributed by atoms with Gasteiger partial charge in [0.25, 0.3) is 11.7 Å². The molecule has 1 fully saturated rings. The molecule has 182 valence electrons. The van der Waals surface area contributed by atoms with E-state index in [4.69, 9.17) is 9.47 Å². The average molecular weight is 467 g/mol. The second kappa shape index (κ2) is 10.7. The molecule has 1 N–H and O–H groups in total. The van der Waals surface area contributed by atoms with Crippen LogP contribution in [0.3, 0.4) is 0 Å². The number of carbonyl (C=O) groups is 2. The van der Waals surface area contributed by atoms with Crippen molar-refractivity contribution in [1.82, 2.24) is 9.80 Å². The fourth-order valence-corrected chi connectivity index (χ4v) is 4.17. The lowest BCUT2D eigenvalue weighted by Gasteiger charge is -2.27. The summed E-state index contributed by atoms with van der Waals surface area (Å²) in [5.41, 5.74) is 2.88. The lowest BCUT2D eigenvalue weighted by Crippen LogP contribution is -2.35. The lowest BCUT2D eigenvalue weighted by atomic mass is 9.93. The molecule has 7 nitrogen and oxygen atoms in total. The van der Waals surface area contributed by atoms with Crippen LogP contribution in [0.2, 0.25) is 0 Å². The Hall–Kier alpha value is -3.32. The molecule has 1 aliphatic rings. The minimum atomic E-state index is -0.716. The fraction of sp³-hybridized carbons (Fsp3) is 0.407. The predicted molar refractivity (Wildman–Crippen MR) is 132 cm³/mol. The topological polar surface area (TPSA) is 79.3 Å². The summed E-state index contributed by atoms with van der Waals surface area (Å²) in [6.07, 6.45) is 0.863. The van der Waals surface area contributed by atoms with Gasteiger partial charge in [-0.2, -0.15) is 0 Å². The van der Waals surface area contributed by atoms with Gasteiger partial charge >= 0.3 is 0 Å². The molecule has 0 saturated carbocycles. The fourth-order valence-electron chi connectivity index (χ4n) is 4.17. The number of hydrogen-bond donors (Lipinski definition) is 1. The Labute approximate surface area is 201 Å².